The first kappa shape index (κ1) is 44.0. The molecule has 3 aliphatic rings. The number of nitrogens with one attached hydrogen (secondary N) is 4. The second kappa shape index (κ2) is 20.0. The summed E-state index contributed by atoms with van der Waals surface area (Å²) in [6, 6.07) is 1.41. The highest BCUT2D eigenvalue weighted by Crippen LogP contribution is 2.35. The van der Waals surface area contributed by atoms with Gasteiger partial charge in [0, 0.05) is 37.3 Å². The van der Waals surface area contributed by atoms with Crippen molar-refractivity contribution in [3.63, 3.8) is 0 Å². The van der Waals surface area contributed by atoms with Crippen LogP contribution >= 0.6 is 23.2 Å². The lowest BCUT2D eigenvalue weighted by Gasteiger charge is -2.37. The molecule has 4 N–H and O–H groups in total. The van der Waals surface area contributed by atoms with E-state index in [4.69, 9.17) is 27.9 Å². The van der Waals surface area contributed by atoms with E-state index in [9.17, 15) is 28.8 Å². The number of aromatic nitrogens is 2. The molecule has 57 heavy (non-hydrogen) atoms. The van der Waals surface area contributed by atoms with Crippen molar-refractivity contribution in [2.24, 2.45) is 11.3 Å². The third-order valence-electron chi connectivity index (χ3n) is 10.8. The Balaban J connectivity index is 1.38. The van der Waals surface area contributed by atoms with Gasteiger partial charge in [-0.3, -0.25) is 33.8 Å². The average molecular weight is 829 g/mol. The van der Waals surface area contributed by atoms with Crippen LogP contribution in [-0.2, 0) is 24.0 Å². The molecule has 2 heterocycles. The Bertz CT molecular complexity index is 1770. The minimum atomic E-state index is -1.13. The second-order valence-corrected chi connectivity index (χ2v) is 17.3. The highest BCUT2D eigenvalue weighted by molar-refractivity contribution is 6.43. The number of amides is 4. The number of rotatable bonds is 18. The van der Waals surface area contributed by atoms with Gasteiger partial charge in [0.25, 0.3) is 5.91 Å². The Morgan fingerprint density at radius 2 is 1.68 bits per heavy atom. The number of ketones is 2. The molecule has 2 aliphatic carbocycles. The topological polar surface area (TPSA) is 189 Å². The van der Waals surface area contributed by atoms with E-state index in [1.54, 1.807) is 18.2 Å². The highest BCUT2D eigenvalue weighted by Gasteiger charge is 2.47. The average Bonchev–Trinajstić information content (AvgIpc) is 3.93. The zero-order valence-corrected chi connectivity index (χ0v) is 34.7. The van der Waals surface area contributed by atoms with Crippen LogP contribution in [0.3, 0.4) is 0 Å². The van der Waals surface area contributed by atoms with Crippen molar-refractivity contribution >= 4 is 58.4 Å². The van der Waals surface area contributed by atoms with Crippen LogP contribution in [0.5, 0.6) is 5.75 Å². The van der Waals surface area contributed by atoms with Crippen molar-refractivity contribution < 1.29 is 33.5 Å². The van der Waals surface area contributed by atoms with Gasteiger partial charge in [-0.25, -0.2) is 4.98 Å². The van der Waals surface area contributed by atoms with Gasteiger partial charge in [-0.05, 0) is 55.6 Å². The van der Waals surface area contributed by atoms with Gasteiger partial charge in [-0.2, -0.15) is 0 Å². The Morgan fingerprint density at radius 1 is 0.947 bits per heavy atom. The molecule has 1 aliphatic heterocycles. The van der Waals surface area contributed by atoms with Crippen molar-refractivity contribution in [1.29, 1.82) is 0 Å². The molecule has 5 unspecified atom stereocenters. The number of ether oxygens (including phenoxy) is 1. The van der Waals surface area contributed by atoms with Gasteiger partial charge in [0.05, 0.1) is 24.3 Å². The highest BCUT2D eigenvalue weighted by atomic mass is 35.5. The number of hydrogen-bond acceptors (Lipinski definition) is 10. The number of nitrogens with zero attached hydrogens (tertiary/aromatic N) is 3. The van der Waals surface area contributed by atoms with E-state index in [0.717, 1.165) is 44.9 Å². The molecular formula is C41H55Cl2N7O7. The predicted molar refractivity (Wildman–Crippen MR) is 215 cm³/mol. The molecule has 5 rings (SSSR count). The summed E-state index contributed by atoms with van der Waals surface area (Å²) in [5, 5.41) is 12.3. The molecule has 16 heteroatoms. The van der Waals surface area contributed by atoms with Crippen molar-refractivity contribution in [2.45, 2.75) is 135 Å². The summed E-state index contributed by atoms with van der Waals surface area (Å²) >= 11 is 12.7. The first-order valence-corrected chi connectivity index (χ1v) is 20.8. The molecular weight excluding hydrogens is 773 g/mol. The number of carbonyl (C=O) groups excluding carboxylic acids is 6. The minimum Gasteiger partial charge on any atom is -0.487 e. The van der Waals surface area contributed by atoms with E-state index in [2.05, 4.69) is 31.2 Å². The van der Waals surface area contributed by atoms with E-state index in [-0.39, 0.29) is 59.4 Å². The lowest BCUT2D eigenvalue weighted by molar-refractivity contribution is -0.144. The molecule has 0 radical (unpaired) electrons. The van der Waals surface area contributed by atoms with Gasteiger partial charge in [0.1, 0.15) is 40.7 Å². The third-order valence-corrected chi connectivity index (χ3v) is 11.6. The first-order chi connectivity index (χ1) is 27.2. The maximum atomic E-state index is 14.8. The Morgan fingerprint density at radius 3 is 2.33 bits per heavy atom. The Labute approximate surface area is 344 Å². The van der Waals surface area contributed by atoms with Crippen LogP contribution < -0.4 is 26.0 Å². The summed E-state index contributed by atoms with van der Waals surface area (Å²) in [5.74, 6) is -3.11. The largest absolute Gasteiger partial charge is 0.487 e. The fourth-order valence-electron chi connectivity index (χ4n) is 7.50. The monoisotopic (exact) mass is 827 g/mol. The maximum absolute atomic E-state index is 14.8. The molecule has 4 amide bonds. The van der Waals surface area contributed by atoms with Crippen LogP contribution in [-0.4, -0.2) is 99.5 Å². The summed E-state index contributed by atoms with van der Waals surface area (Å²) in [6.45, 7) is 7.28. The number of halogens is 2. The van der Waals surface area contributed by atoms with Crippen LogP contribution in [0.4, 0.5) is 0 Å². The molecule has 1 aromatic heterocycles. The fourth-order valence-corrected chi connectivity index (χ4v) is 7.84. The number of Topliss-reactive ketones (excluding diaryl/α,β-unsaturated/α-hetero) is 2. The summed E-state index contributed by atoms with van der Waals surface area (Å²) in [7, 11) is 0. The zero-order valence-electron chi connectivity index (χ0n) is 33.2. The van der Waals surface area contributed by atoms with Crippen molar-refractivity contribution in [2.75, 3.05) is 13.1 Å². The molecule has 0 bridgehead atoms. The van der Waals surface area contributed by atoms with Gasteiger partial charge in [0.15, 0.2) is 0 Å². The van der Waals surface area contributed by atoms with Gasteiger partial charge in [-0.15, -0.1) is 0 Å². The number of carbonyl (C=O) groups is 6. The lowest BCUT2D eigenvalue weighted by Crippen LogP contribution is -2.61. The van der Waals surface area contributed by atoms with Crippen molar-refractivity contribution in [3.8, 4) is 5.75 Å². The van der Waals surface area contributed by atoms with E-state index < -0.39 is 70.9 Å². The van der Waals surface area contributed by atoms with Crippen molar-refractivity contribution in [3.05, 3.63) is 52.5 Å². The van der Waals surface area contributed by atoms with Crippen LogP contribution in [0.15, 0.2) is 36.8 Å². The molecule has 5 atom stereocenters. The molecule has 0 spiro atoms. The van der Waals surface area contributed by atoms with Gasteiger partial charge >= 0.3 is 0 Å². The third kappa shape index (κ3) is 12.2. The fraction of sp³-hybridized carbons (Fsp3) is 0.610. The standard InChI is InChI=1S/C41H55Cl2N7O7/c1-5-10-26(19-31(51)32(52)22-46-25-15-16-25)47-38(54)30-20-27(57-33-14-9-13-28(42)34(33)43)23-50(30)40(56)36(41(2,3)4)49-39(55)35(24-11-7-6-8-12-24)48-37(53)29-21-44-17-18-45-29/h9,13-14,17-18,21,24-27,30,35-36,46H,5-8,10-12,15-16,19-20,22-23H2,1-4H3,(H,47,54)(H,48,53)(H,49,55). The van der Waals surface area contributed by atoms with Gasteiger partial charge in [-0.1, -0.05) is 82.6 Å². The van der Waals surface area contributed by atoms with Crippen LogP contribution in [0.25, 0.3) is 0 Å². The SMILES string of the molecule is CCCC(CC(=O)C(=O)CNC1CC1)NC(=O)C1CC(Oc2cccc(Cl)c2Cl)CN1C(=O)C(NC(=O)C(NC(=O)c1cnccn1)C1CCCCC1)C(C)(C)C. The summed E-state index contributed by atoms with van der Waals surface area (Å²) in [5.41, 5.74) is -0.783. The van der Waals surface area contributed by atoms with Crippen molar-refractivity contribution in [1.82, 2.24) is 36.1 Å². The number of hydrogen-bond donors (Lipinski definition) is 4. The summed E-state index contributed by atoms with van der Waals surface area (Å²) < 4.78 is 6.26. The van der Waals surface area contributed by atoms with E-state index >= 15 is 0 Å². The van der Waals surface area contributed by atoms with Crippen LogP contribution in [0.1, 0.15) is 109 Å². The van der Waals surface area contributed by atoms with E-state index in [1.165, 1.54) is 23.5 Å². The smallest absolute Gasteiger partial charge is 0.272 e. The second-order valence-electron chi connectivity index (χ2n) is 16.5. The van der Waals surface area contributed by atoms with Gasteiger partial charge < -0.3 is 30.9 Å². The molecule has 2 saturated carbocycles. The first-order valence-electron chi connectivity index (χ1n) is 20.0. The zero-order chi connectivity index (χ0) is 41.3. The summed E-state index contributed by atoms with van der Waals surface area (Å²) in [6.07, 6.45) is 10.6. The predicted octanol–water partition coefficient (Wildman–Crippen LogP) is 4.61. The summed E-state index contributed by atoms with van der Waals surface area (Å²) in [4.78, 5) is 91.7. The number of likely N-dealkylation sites (tertiary alicyclic amines) is 1. The normalized spacial score (nSPS) is 20.2. The Kier molecular flexibility index (Phi) is 15.4. The number of benzene rings is 1. The molecule has 310 valence electrons. The quantitative estimate of drug-likeness (QED) is 0.155. The minimum absolute atomic E-state index is 0.0274. The molecule has 3 fully saturated rings. The lowest BCUT2D eigenvalue weighted by atomic mass is 9.82. The van der Waals surface area contributed by atoms with Gasteiger partial charge in [0.2, 0.25) is 29.3 Å². The van der Waals surface area contributed by atoms with Crippen LogP contribution in [0.2, 0.25) is 10.0 Å². The maximum Gasteiger partial charge on any atom is 0.272 e. The molecule has 14 nitrogen and oxygen atoms in total. The molecule has 2 aromatic rings. The van der Waals surface area contributed by atoms with Crippen LogP contribution in [0, 0.1) is 11.3 Å². The molecule has 1 saturated heterocycles. The molecule has 1 aromatic carbocycles. The van der Waals surface area contributed by atoms with E-state index in [1.807, 2.05) is 27.7 Å². The Hall–Kier alpha value is -4.14. The van der Waals surface area contributed by atoms with E-state index in [0.29, 0.717) is 12.8 Å².